The molecule has 1 atom stereocenters. The lowest BCUT2D eigenvalue weighted by Gasteiger charge is -2.34. The Morgan fingerprint density at radius 3 is 2.89 bits per heavy atom. The van der Waals surface area contributed by atoms with Gasteiger partial charge in [0.2, 0.25) is 5.91 Å². The number of pyridine rings is 2. The van der Waals surface area contributed by atoms with E-state index < -0.39 is 5.91 Å². The molecule has 0 bridgehead atoms. The van der Waals surface area contributed by atoms with Crippen molar-refractivity contribution in [1.29, 1.82) is 0 Å². The molecule has 1 saturated heterocycles. The van der Waals surface area contributed by atoms with Crippen LogP contribution in [0.25, 0.3) is 0 Å². The first-order valence-electron chi connectivity index (χ1n) is 8.85. The molecule has 3 heterocycles. The minimum absolute atomic E-state index is 0.00551. The maximum Gasteiger partial charge on any atom is 0.252 e. The van der Waals surface area contributed by atoms with Crippen LogP contribution >= 0.6 is 0 Å². The summed E-state index contributed by atoms with van der Waals surface area (Å²) in [6.45, 7) is 1.65. The first-order valence-corrected chi connectivity index (χ1v) is 8.85. The first kappa shape index (κ1) is 18.8. The van der Waals surface area contributed by atoms with Gasteiger partial charge >= 0.3 is 0 Å². The number of nitrogens with zero attached hydrogens (tertiary/aromatic N) is 3. The fourth-order valence-corrected chi connectivity index (χ4v) is 3.02. The van der Waals surface area contributed by atoms with Gasteiger partial charge in [-0.3, -0.25) is 14.6 Å². The molecule has 1 aliphatic heterocycles. The van der Waals surface area contributed by atoms with Crippen LogP contribution in [-0.2, 0) is 16.0 Å². The Kier molecular flexibility index (Phi) is 5.97. The van der Waals surface area contributed by atoms with Crippen molar-refractivity contribution in [1.82, 2.24) is 15.3 Å². The maximum absolute atomic E-state index is 11.7. The second kappa shape index (κ2) is 8.59. The summed E-state index contributed by atoms with van der Waals surface area (Å²) >= 11 is 0. The quantitative estimate of drug-likeness (QED) is 0.780. The molecule has 1 unspecified atom stereocenters. The van der Waals surface area contributed by atoms with E-state index in [0.717, 1.165) is 11.3 Å². The molecule has 2 aromatic heterocycles. The minimum Gasteiger partial charge on any atom is -0.368 e. The Morgan fingerprint density at radius 2 is 2.19 bits per heavy atom. The van der Waals surface area contributed by atoms with Crippen LogP contribution in [0.1, 0.15) is 34.1 Å². The second-order valence-corrected chi connectivity index (χ2v) is 6.31. The molecule has 2 amide bonds. The highest BCUT2D eigenvalue weighted by Gasteiger charge is 2.26. The molecular formula is C19H23N5O3. The molecule has 142 valence electrons. The summed E-state index contributed by atoms with van der Waals surface area (Å²) in [6.07, 6.45) is 4.26. The fourth-order valence-electron chi connectivity index (χ4n) is 3.02. The number of carbonyl (C=O) groups excluding carboxylic acids is 2. The molecule has 0 saturated carbocycles. The zero-order chi connectivity index (χ0) is 19.2. The van der Waals surface area contributed by atoms with Gasteiger partial charge in [-0.15, -0.1) is 0 Å². The normalized spacial score (nSPS) is 16.8. The summed E-state index contributed by atoms with van der Waals surface area (Å²) in [6, 6.07) is 7.25. The summed E-state index contributed by atoms with van der Waals surface area (Å²) in [5.41, 5.74) is 7.67. The lowest BCUT2D eigenvalue weighted by Crippen LogP contribution is -2.40. The molecule has 1 aliphatic rings. The third-order valence-electron chi connectivity index (χ3n) is 4.52. The van der Waals surface area contributed by atoms with E-state index in [4.69, 9.17) is 10.5 Å². The van der Waals surface area contributed by atoms with Gasteiger partial charge < -0.3 is 20.7 Å². The summed E-state index contributed by atoms with van der Waals surface area (Å²) in [5, 5.41) is 2.61. The van der Waals surface area contributed by atoms with Crippen molar-refractivity contribution < 1.29 is 14.3 Å². The monoisotopic (exact) mass is 369 g/mol. The average Bonchev–Trinajstić information content (AvgIpc) is 2.72. The summed E-state index contributed by atoms with van der Waals surface area (Å²) < 4.78 is 5.86. The molecule has 3 N–H and O–H groups in total. The van der Waals surface area contributed by atoms with Gasteiger partial charge in [0.25, 0.3) is 5.91 Å². The number of nitrogens with one attached hydrogen (secondary N) is 1. The molecule has 1 fully saturated rings. The van der Waals surface area contributed by atoms with Gasteiger partial charge in [-0.25, -0.2) is 4.98 Å². The number of anilines is 1. The number of amides is 2. The Hall–Kier alpha value is -3.00. The number of aromatic nitrogens is 2. The van der Waals surface area contributed by atoms with E-state index in [9.17, 15) is 9.59 Å². The number of aryl methyl sites for hydroxylation is 1. The van der Waals surface area contributed by atoms with Crippen LogP contribution in [0.5, 0.6) is 0 Å². The SMILES string of the molecule is CNC(=O)CCc1ccc(C2CN(c3ncccc3C(N)=O)CCO2)nc1. The van der Waals surface area contributed by atoms with Crippen LogP contribution in [0.2, 0.25) is 0 Å². The van der Waals surface area contributed by atoms with Gasteiger partial charge in [0.15, 0.2) is 0 Å². The van der Waals surface area contributed by atoms with E-state index in [-0.39, 0.29) is 12.0 Å². The molecule has 3 rings (SSSR count). The Balaban J connectivity index is 1.69. The van der Waals surface area contributed by atoms with E-state index in [1.165, 1.54) is 0 Å². The lowest BCUT2D eigenvalue weighted by molar-refractivity contribution is -0.120. The summed E-state index contributed by atoms with van der Waals surface area (Å²) in [5.74, 6) is 0.0752. The Morgan fingerprint density at radius 1 is 1.33 bits per heavy atom. The van der Waals surface area contributed by atoms with Crippen molar-refractivity contribution in [2.24, 2.45) is 5.73 Å². The van der Waals surface area contributed by atoms with Crippen molar-refractivity contribution in [3.05, 3.63) is 53.5 Å². The molecule has 0 aromatic carbocycles. The largest absolute Gasteiger partial charge is 0.368 e. The van der Waals surface area contributed by atoms with Crippen LogP contribution in [0, 0.1) is 0 Å². The predicted octanol–water partition coefficient (Wildman–Crippen LogP) is 0.832. The van der Waals surface area contributed by atoms with Crippen molar-refractivity contribution >= 4 is 17.6 Å². The molecule has 0 aliphatic carbocycles. The molecule has 8 heteroatoms. The first-order chi connectivity index (χ1) is 13.1. The lowest BCUT2D eigenvalue weighted by atomic mass is 10.1. The maximum atomic E-state index is 11.7. The van der Waals surface area contributed by atoms with Gasteiger partial charge in [0, 0.05) is 32.4 Å². The average molecular weight is 369 g/mol. The molecular weight excluding hydrogens is 346 g/mol. The number of rotatable bonds is 6. The van der Waals surface area contributed by atoms with Crippen LogP contribution in [0.4, 0.5) is 5.82 Å². The van der Waals surface area contributed by atoms with Crippen molar-refractivity contribution in [2.75, 3.05) is 31.6 Å². The highest BCUT2D eigenvalue weighted by Crippen LogP contribution is 2.26. The second-order valence-electron chi connectivity index (χ2n) is 6.31. The summed E-state index contributed by atoms with van der Waals surface area (Å²) in [7, 11) is 1.63. The summed E-state index contributed by atoms with van der Waals surface area (Å²) in [4.78, 5) is 33.8. The highest BCUT2D eigenvalue weighted by atomic mass is 16.5. The van der Waals surface area contributed by atoms with E-state index in [0.29, 0.717) is 43.9 Å². The van der Waals surface area contributed by atoms with Gasteiger partial charge in [-0.2, -0.15) is 0 Å². The third-order valence-corrected chi connectivity index (χ3v) is 4.52. The number of primary amides is 1. The van der Waals surface area contributed by atoms with Gasteiger partial charge in [0.05, 0.1) is 24.4 Å². The van der Waals surface area contributed by atoms with Crippen molar-refractivity contribution in [3.8, 4) is 0 Å². The van der Waals surface area contributed by atoms with Crippen LogP contribution in [0.15, 0.2) is 36.7 Å². The van der Waals surface area contributed by atoms with Crippen LogP contribution in [-0.4, -0.2) is 48.5 Å². The molecule has 2 aromatic rings. The molecule has 0 spiro atoms. The number of hydrogen-bond donors (Lipinski definition) is 2. The topological polar surface area (TPSA) is 110 Å². The predicted molar refractivity (Wildman–Crippen MR) is 100 cm³/mol. The molecule has 8 nitrogen and oxygen atoms in total. The standard InChI is InChI=1S/C19H23N5O3/c1-21-17(25)7-5-13-4-6-15(23-11-13)16-12-24(9-10-27-16)19-14(18(20)26)3-2-8-22-19/h2-4,6,8,11,16H,5,7,9-10,12H2,1H3,(H2,20,26)(H,21,25). The number of nitrogens with two attached hydrogens (primary N) is 1. The number of hydrogen-bond acceptors (Lipinski definition) is 6. The fraction of sp³-hybridized carbons (Fsp3) is 0.368. The van der Waals surface area contributed by atoms with Crippen LogP contribution in [0.3, 0.4) is 0 Å². The number of morpholine rings is 1. The van der Waals surface area contributed by atoms with E-state index >= 15 is 0 Å². The Bertz CT molecular complexity index is 809. The van der Waals surface area contributed by atoms with Crippen LogP contribution < -0.4 is 16.0 Å². The smallest absolute Gasteiger partial charge is 0.252 e. The van der Waals surface area contributed by atoms with E-state index in [1.54, 1.807) is 31.6 Å². The van der Waals surface area contributed by atoms with E-state index in [2.05, 4.69) is 15.3 Å². The van der Waals surface area contributed by atoms with Crippen molar-refractivity contribution in [2.45, 2.75) is 18.9 Å². The van der Waals surface area contributed by atoms with Gasteiger partial charge in [-0.1, -0.05) is 6.07 Å². The zero-order valence-electron chi connectivity index (χ0n) is 15.2. The number of ether oxygens (including phenoxy) is 1. The zero-order valence-corrected chi connectivity index (χ0v) is 15.2. The van der Waals surface area contributed by atoms with Crippen molar-refractivity contribution in [3.63, 3.8) is 0 Å². The van der Waals surface area contributed by atoms with Gasteiger partial charge in [0.1, 0.15) is 11.9 Å². The Labute approximate surface area is 157 Å². The molecule has 27 heavy (non-hydrogen) atoms. The minimum atomic E-state index is -0.500. The van der Waals surface area contributed by atoms with Gasteiger partial charge in [-0.05, 0) is 30.2 Å². The number of carbonyl (C=O) groups is 2. The third kappa shape index (κ3) is 4.59. The van der Waals surface area contributed by atoms with E-state index in [1.807, 2.05) is 17.0 Å². The molecule has 0 radical (unpaired) electrons. The highest BCUT2D eigenvalue weighted by molar-refractivity contribution is 5.97.